The Bertz CT molecular complexity index is 614. The van der Waals surface area contributed by atoms with Crippen LogP contribution >= 0.6 is 0 Å². The van der Waals surface area contributed by atoms with E-state index in [1.165, 1.54) is 16.9 Å². The summed E-state index contributed by atoms with van der Waals surface area (Å²) >= 11 is 0. The molecule has 1 atom stereocenters. The zero-order valence-corrected chi connectivity index (χ0v) is 10.8. The standard InChI is InChI=1S/C14H15F3N2O/c15-14(16,17)10-5-11-7-18-8-19(11)12(6-10)13(20)9-3-1-2-4-9/h5-9,13,20H,1-4H2. The van der Waals surface area contributed by atoms with Crippen molar-refractivity contribution in [3.8, 4) is 0 Å². The lowest BCUT2D eigenvalue weighted by molar-refractivity contribution is -0.137. The molecule has 1 fully saturated rings. The van der Waals surface area contributed by atoms with E-state index in [-0.39, 0.29) is 11.6 Å². The molecule has 0 aromatic carbocycles. The van der Waals surface area contributed by atoms with Crippen molar-refractivity contribution in [3.63, 3.8) is 0 Å². The first-order valence-electron chi connectivity index (χ1n) is 6.68. The monoisotopic (exact) mass is 284 g/mol. The zero-order chi connectivity index (χ0) is 14.3. The summed E-state index contributed by atoms with van der Waals surface area (Å²) in [4.78, 5) is 3.88. The average Bonchev–Trinajstić information content (AvgIpc) is 3.06. The molecule has 0 aliphatic heterocycles. The van der Waals surface area contributed by atoms with E-state index >= 15 is 0 Å². The number of rotatable bonds is 2. The van der Waals surface area contributed by atoms with Crippen molar-refractivity contribution in [2.75, 3.05) is 0 Å². The molecule has 0 bridgehead atoms. The van der Waals surface area contributed by atoms with Crippen LogP contribution in [0.25, 0.3) is 5.52 Å². The van der Waals surface area contributed by atoms with E-state index in [2.05, 4.69) is 4.98 Å². The molecule has 3 rings (SSSR count). The quantitative estimate of drug-likeness (QED) is 0.915. The van der Waals surface area contributed by atoms with E-state index in [1.807, 2.05) is 0 Å². The van der Waals surface area contributed by atoms with Crippen LogP contribution in [0.15, 0.2) is 24.7 Å². The number of aromatic nitrogens is 2. The molecule has 0 spiro atoms. The largest absolute Gasteiger partial charge is 0.416 e. The first-order valence-corrected chi connectivity index (χ1v) is 6.68. The Morgan fingerprint density at radius 2 is 1.95 bits per heavy atom. The maximum Gasteiger partial charge on any atom is 0.416 e. The van der Waals surface area contributed by atoms with Crippen molar-refractivity contribution in [2.24, 2.45) is 5.92 Å². The summed E-state index contributed by atoms with van der Waals surface area (Å²) in [6, 6.07) is 2.09. The van der Waals surface area contributed by atoms with Crippen LogP contribution in [0, 0.1) is 5.92 Å². The first kappa shape index (κ1) is 13.4. The number of nitrogens with zero attached hydrogens (tertiary/aromatic N) is 2. The molecule has 0 saturated heterocycles. The lowest BCUT2D eigenvalue weighted by atomic mass is 9.96. The number of fused-ring (bicyclic) bond motifs is 1. The van der Waals surface area contributed by atoms with Crippen LogP contribution in [0.5, 0.6) is 0 Å². The molecule has 3 nitrogen and oxygen atoms in total. The third-order valence-corrected chi connectivity index (χ3v) is 4.03. The Morgan fingerprint density at radius 3 is 2.60 bits per heavy atom. The van der Waals surface area contributed by atoms with Gasteiger partial charge in [0.1, 0.15) is 0 Å². The Balaban J connectivity index is 2.10. The van der Waals surface area contributed by atoms with Gasteiger partial charge in [0, 0.05) is 0 Å². The summed E-state index contributed by atoms with van der Waals surface area (Å²) in [5.41, 5.74) is -0.108. The van der Waals surface area contributed by atoms with Crippen molar-refractivity contribution < 1.29 is 18.3 Å². The van der Waals surface area contributed by atoms with Gasteiger partial charge in [-0.15, -0.1) is 0 Å². The highest BCUT2D eigenvalue weighted by molar-refractivity contribution is 5.50. The third-order valence-electron chi connectivity index (χ3n) is 4.03. The maximum atomic E-state index is 12.9. The molecular formula is C14H15F3N2O. The van der Waals surface area contributed by atoms with Gasteiger partial charge in [0.05, 0.1) is 35.4 Å². The molecule has 20 heavy (non-hydrogen) atoms. The van der Waals surface area contributed by atoms with Gasteiger partial charge in [0.2, 0.25) is 0 Å². The highest BCUT2D eigenvalue weighted by Crippen LogP contribution is 2.38. The fourth-order valence-electron chi connectivity index (χ4n) is 2.96. The van der Waals surface area contributed by atoms with E-state index in [0.717, 1.165) is 37.8 Å². The minimum absolute atomic E-state index is 0.0316. The second kappa shape index (κ2) is 4.77. The number of imidazole rings is 1. The summed E-state index contributed by atoms with van der Waals surface area (Å²) in [6.45, 7) is 0. The molecule has 6 heteroatoms. The van der Waals surface area contributed by atoms with Crippen LogP contribution in [0.4, 0.5) is 13.2 Å². The normalized spacial score (nSPS) is 18.8. The summed E-state index contributed by atoms with van der Waals surface area (Å²) in [5.74, 6) is 0.0316. The fraction of sp³-hybridized carbons (Fsp3) is 0.500. The van der Waals surface area contributed by atoms with Gasteiger partial charge in [-0.2, -0.15) is 13.2 Å². The molecule has 2 aromatic heterocycles. The summed E-state index contributed by atoms with van der Waals surface area (Å²) < 4.78 is 40.3. The van der Waals surface area contributed by atoms with Crippen molar-refractivity contribution in [2.45, 2.75) is 38.0 Å². The minimum atomic E-state index is -4.42. The number of aliphatic hydroxyl groups is 1. The van der Waals surface area contributed by atoms with Gasteiger partial charge in [0.25, 0.3) is 0 Å². The van der Waals surface area contributed by atoms with E-state index < -0.39 is 17.8 Å². The van der Waals surface area contributed by atoms with Gasteiger partial charge in [0.15, 0.2) is 0 Å². The van der Waals surface area contributed by atoms with Crippen LogP contribution < -0.4 is 0 Å². The van der Waals surface area contributed by atoms with Crippen LogP contribution in [0.3, 0.4) is 0 Å². The average molecular weight is 284 g/mol. The molecule has 0 amide bonds. The number of halogens is 3. The molecule has 0 radical (unpaired) electrons. The molecule has 1 aliphatic rings. The summed E-state index contributed by atoms with van der Waals surface area (Å²) in [5, 5.41) is 10.4. The van der Waals surface area contributed by atoms with Gasteiger partial charge in [-0.25, -0.2) is 4.98 Å². The van der Waals surface area contributed by atoms with Gasteiger partial charge >= 0.3 is 6.18 Å². The first-order chi connectivity index (χ1) is 9.47. The molecule has 2 heterocycles. The molecule has 108 valence electrons. The molecule has 1 unspecified atom stereocenters. The van der Waals surface area contributed by atoms with Crippen molar-refractivity contribution >= 4 is 5.52 Å². The second-order valence-corrected chi connectivity index (χ2v) is 5.34. The fourth-order valence-corrected chi connectivity index (χ4v) is 2.96. The molecule has 1 aliphatic carbocycles. The predicted molar refractivity (Wildman–Crippen MR) is 67.1 cm³/mol. The summed E-state index contributed by atoms with van der Waals surface area (Å²) in [7, 11) is 0. The third kappa shape index (κ3) is 2.28. The van der Waals surface area contributed by atoms with E-state index in [0.29, 0.717) is 5.52 Å². The van der Waals surface area contributed by atoms with Gasteiger partial charge in [-0.05, 0) is 30.9 Å². The maximum absolute atomic E-state index is 12.9. The number of alkyl halides is 3. The number of hydrogen-bond donors (Lipinski definition) is 1. The number of aliphatic hydroxyl groups excluding tert-OH is 1. The topological polar surface area (TPSA) is 37.5 Å². The van der Waals surface area contributed by atoms with E-state index in [1.54, 1.807) is 0 Å². The van der Waals surface area contributed by atoms with Crippen molar-refractivity contribution in [3.05, 3.63) is 35.9 Å². The van der Waals surface area contributed by atoms with Crippen LogP contribution in [0.1, 0.15) is 43.0 Å². The van der Waals surface area contributed by atoms with Gasteiger partial charge < -0.3 is 9.51 Å². The Labute approximate surface area is 114 Å². The molecule has 1 N–H and O–H groups in total. The zero-order valence-electron chi connectivity index (χ0n) is 10.8. The van der Waals surface area contributed by atoms with Crippen LogP contribution in [-0.4, -0.2) is 14.5 Å². The molecule has 2 aromatic rings. The minimum Gasteiger partial charge on any atom is -0.387 e. The van der Waals surface area contributed by atoms with E-state index in [4.69, 9.17) is 0 Å². The van der Waals surface area contributed by atoms with Crippen molar-refractivity contribution in [1.82, 2.24) is 9.38 Å². The molecule has 1 saturated carbocycles. The SMILES string of the molecule is OC(c1cc(C(F)(F)F)cc2cncn12)C1CCCC1. The van der Waals surface area contributed by atoms with Gasteiger partial charge in [-0.3, -0.25) is 0 Å². The van der Waals surface area contributed by atoms with Crippen LogP contribution in [0.2, 0.25) is 0 Å². The smallest absolute Gasteiger partial charge is 0.387 e. The van der Waals surface area contributed by atoms with Crippen LogP contribution in [-0.2, 0) is 6.18 Å². The van der Waals surface area contributed by atoms with Crippen molar-refractivity contribution in [1.29, 1.82) is 0 Å². The Hall–Kier alpha value is -1.56. The highest BCUT2D eigenvalue weighted by Gasteiger charge is 2.33. The Kier molecular flexibility index (Phi) is 3.20. The number of pyridine rings is 1. The molecular weight excluding hydrogens is 269 g/mol. The predicted octanol–water partition coefficient (Wildman–Crippen LogP) is 3.58. The lowest BCUT2D eigenvalue weighted by Crippen LogP contribution is -2.15. The summed E-state index contributed by atoms with van der Waals surface area (Å²) in [6.07, 6.45) is 1.28. The Morgan fingerprint density at radius 1 is 1.25 bits per heavy atom. The van der Waals surface area contributed by atoms with E-state index in [9.17, 15) is 18.3 Å². The highest BCUT2D eigenvalue weighted by atomic mass is 19.4. The number of hydrogen-bond acceptors (Lipinski definition) is 2. The van der Waals surface area contributed by atoms with Gasteiger partial charge in [-0.1, -0.05) is 12.8 Å². The second-order valence-electron chi connectivity index (χ2n) is 5.34. The lowest BCUT2D eigenvalue weighted by Gasteiger charge is -2.21.